The number of benzene rings is 1. The predicted octanol–water partition coefficient (Wildman–Crippen LogP) is 0.498. The van der Waals surface area contributed by atoms with Crippen molar-refractivity contribution in [2.45, 2.75) is 50.5 Å². The van der Waals surface area contributed by atoms with E-state index in [-0.39, 0.29) is 5.91 Å². The Morgan fingerprint density at radius 2 is 1.96 bits per heavy atom. The summed E-state index contributed by atoms with van der Waals surface area (Å²) < 4.78 is 11.8. The summed E-state index contributed by atoms with van der Waals surface area (Å²) in [4.78, 5) is 14.4. The van der Waals surface area contributed by atoms with E-state index in [4.69, 9.17) is 9.47 Å². The number of aliphatic hydroxyl groups is 1. The highest BCUT2D eigenvalue weighted by atomic mass is 16.8. The van der Waals surface area contributed by atoms with Gasteiger partial charge in [0.15, 0.2) is 5.79 Å². The number of carbonyl (C=O) groups excluding carboxylic acids is 1. The molecule has 0 bridgehead atoms. The van der Waals surface area contributed by atoms with E-state index in [0.717, 1.165) is 5.56 Å². The van der Waals surface area contributed by atoms with E-state index >= 15 is 0 Å². The number of ether oxygens (including phenoxy) is 2. The van der Waals surface area contributed by atoms with E-state index in [2.05, 4.69) is 5.32 Å². The lowest BCUT2D eigenvalue weighted by molar-refractivity contribution is -0.154. The average Bonchev–Trinajstić information content (AvgIpc) is 2.84. The topological polar surface area (TPSA) is 71.0 Å². The van der Waals surface area contributed by atoms with E-state index in [0.29, 0.717) is 13.1 Å². The summed E-state index contributed by atoms with van der Waals surface area (Å²) in [6.07, 6.45) is -1.66. The van der Waals surface area contributed by atoms with Crippen LogP contribution in [0.2, 0.25) is 0 Å². The minimum Gasteiger partial charge on any atom is -0.389 e. The highest BCUT2D eigenvalue weighted by Gasteiger charge is 2.55. The lowest BCUT2D eigenvalue weighted by atomic mass is 9.92. The van der Waals surface area contributed by atoms with E-state index in [1.54, 1.807) is 20.9 Å². The zero-order chi connectivity index (χ0) is 16.6. The molecule has 2 aliphatic rings. The van der Waals surface area contributed by atoms with Gasteiger partial charge in [0.25, 0.3) is 0 Å². The van der Waals surface area contributed by atoms with Crippen LogP contribution in [-0.2, 0) is 20.8 Å². The maximum atomic E-state index is 12.5. The summed E-state index contributed by atoms with van der Waals surface area (Å²) >= 11 is 0. The fourth-order valence-electron chi connectivity index (χ4n) is 3.47. The number of rotatable bonds is 3. The van der Waals surface area contributed by atoms with Crippen LogP contribution in [0, 0.1) is 0 Å². The Morgan fingerprint density at radius 3 is 2.61 bits per heavy atom. The van der Waals surface area contributed by atoms with Crippen LogP contribution in [0.1, 0.15) is 19.4 Å². The van der Waals surface area contributed by atoms with Gasteiger partial charge in [-0.3, -0.25) is 9.69 Å². The molecule has 2 aliphatic heterocycles. The number of piperidine rings is 1. The monoisotopic (exact) mass is 320 g/mol. The molecule has 2 heterocycles. The van der Waals surface area contributed by atoms with Gasteiger partial charge in [0.1, 0.15) is 18.2 Å². The number of aliphatic hydroxyl groups excluding tert-OH is 1. The Labute approximate surface area is 136 Å². The normalized spacial score (nSPS) is 33.2. The van der Waals surface area contributed by atoms with Gasteiger partial charge < -0.3 is 19.9 Å². The van der Waals surface area contributed by atoms with Crippen molar-refractivity contribution in [2.75, 3.05) is 13.6 Å². The van der Waals surface area contributed by atoms with Gasteiger partial charge in [-0.1, -0.05) is 30.3 Å². The number of likely N-dealkylation sites (N-methyl/N-ethyl adjacent to an activating group) is 1. The van der Waals surface area contributed by atoms with Gasteiger partial charge in [0, 0.05) is 20.1 Å². The smallest absolute Gasteiger partial charge is 0.239 e. The van der Waals surface area contributed by atoms with E-state index in [1.165, 1.54) is 0 Å². The molecule has 1 aromatic rings. The average molecular weight is 320 g/mol. The number of amides is 1. The van der Waals surface area contributed by atoms with Crippen molar-refractivity contribution in [3.63, 3.8) is 0 Å². The summed E-state index contributed by atoms with van der Waals surface area (Å²) in [5, 5.41) is 13.2. The molecule has 23 heavy (non-hydrogen) atoms. The van der Waals surface area contributed by atoms with Crippen molar-refractivity contribution in [3.05, 3.63) is 35.9 Å². The van der Waals surface area contributed by atoms with Gasteiger partial charge >= 0.3 is 0 Å². The number of hydrogen-bond donors (Lipinski definition) is 2. The van der Waals surface area contributed by atoms with Crippen molar-refractivity contribution in [2.24, 2.45) is 0 Å². The van der Waals surface area contributed by atoms with Crippen LogP contribution < -0.4 is 5.32 Å². The number of hydrogen-bond acceptors (Lipinski definition) is 5. The van der Waals surface area contributed by atoms with Crippen LogP contribution in [0.5, 0.6) is 0 Å². The van der Waals surface area contributed by atoms with Gasteiger partial charge in [-0.05, 0) is 19.4 Å². The maximum Gasteiger partial charge on any atom is 0.239 e. The molecule has 0 aromatic heterocycles. The number of β-amino-alcohol motifs (C(OH)–C–C–N with tert-alkyl or cyclic N) is 1. The standard InChI is InChI=1S/C17H24N2O4/c1-17(2)22-14-12(20)10-19(9-11-7-5-4-6-8-11)13(15(14)23-17)16(21)18-3/h4-8,12-15,20H,9-10H2,1-3H3,(H,18,21)/t12-,13+,14+,15-/m1/s1. The molecule has 0 radical (unpaired) electrons. The van der Waals surface area contributed by atoms with Gasteiger partial charge in [-0.2, -0.15) is 0 Å². The Balaban J connectivity index is 1.87. The van der Waals surface area contributed by atoms with Crippen LogP contribution in [0.4, 0.5) is 0 Å². The third-order valence-electron chi connectivity index (χ3n) is 4.41. The SMILES string of the molecule is CNC(=O)[C@@H]1[C@H]2OC(C)(C)O[C@H]2[C@H](O)CN1Cc1ccccc1. The third kappa shape index (κ3) is 3.26. The number of likely N-dealkylation sites (tertiary alicyclic amines) is 1. The van der Waals surface area contributed by atoms with Crippen LogP contribution in [-0.4, -0.2) is 59.6 Å². The molecule has 2 saturated heterocycles. The molecule has 3 rings (SSSR count). The fraction of sp³-hybridized carbons (Fsp3) is 0.588. The second-order valence-corrected chi connectivity index (χ2v) is 6.61. The Hall–Kier alpha value is -1.47. The van der Waals surface area contributed by atoms with Crippen molar-refractivity contribution in [1.82, 2.24) is 10.2 Å². The summed E-state index contributed by atoms with van der Waals surface area (Å²) in [5.74, 6) is -0.921. The first-order valence-corrected chi connectivity index (χ1v) is 7.94. The van der Waals surface area contributed by atoms with E-state index in [1.807, 2.05) is 35.2 Å². The molecule has 1 aromatic carbocycles. The largest absolute Gasteiger partial charge is 0.389 e. The molecule has 6 nitrogen and oxygen atoms in total. The zero-order valence-corrected chi connectivity index (χ0v) is 13.7. The molecule has 126 valence electrons. The summed E-state index contributed by atoms with van der Waals surface area (Å²) in [7, 11) is 1.62. The number of fused-ring (bicyclic) bond motifs is 1. The lowest BCUT2D eigenvalue weighted by Crippen LogP contribution is -2.64. The molecule has 2 fully saturated rings. The van der Waals surface area contributed by atoms with Crippen LogP contribution >= 0.6 is 0 Å². The molecule has 0 spiro atoms. The van der Waals surface area contributed by atoms with Crippen LogP contribution in [0.3, 0.4) is 0 Å². The number of nitrogens with zero attached hydrogens (tertiary/aromatic N) is 1. The molecular formula is C17H24N2O4. The summed E-state index contributed by atoms with van der Waals surface area (Å²) in [6, 6.07) is 9.41. The highest BCUT2D eigenvalue weighted by molar-refractivity contribution is 5.82. The lowest BCUT2D eigenvalue weighted by Gasteiger charge is -2.42. The zero-order valence-electron chi connectivity index (χ0n) is 13.7. The van der Waals surface area contributed by atoms with Crippen molar-refractivity contribution in [1.29, 1.82) is 0 Å². The highest BCUT2D eigenvalue weighted by Crippen LogP contribution is 2.37. The van der Waals surface area contributed by atoms with Gasteiger partial charge in [-0.15, -0.1) is 0 Å². The van der Waals surface area contributed by atoms with E-state index < -0.39 is 30.1 Å². The molecule has 4 atom stereocenters. The molecule has 6 heteroatoms. The van der Waals surface area contributed by atoms with Crippen molar-refractivity contribution < 1.29 is 19.4 Å². The minimum absolute atomic E-state index is 0.121. The molecule has 0 unspecified atom stereocenters. The Kier molecular flexibility index (Phi) is 4.42. The molecule has 1 amide bonds. The third-order valence-corrected chi connectivity index (χ3v) is 4.41. The maximum absolute atomic E-state index is 12.5. The second-order valence-electron chi connectivity index (χ2n) is 6.61. The first-order valence-electron chi connectivity index (χ1n) is 7.94. The van der Waals surface area contributed by atoms with Crippen LogP contribution in [0.25, 0.3) is 0 Å². The molecule has 0 saturated carbocycles. The molecular weight excluding hydrogens is 296 g/mol. The Bertz CT molecular complexity index is 563. The molecule has 0 aliphatic carbocycles. The first kappa shape index (κ1) is 16.4. The van der Waals surface area contributed by atoms with Crippen molar-refractivity contribution in [3.8, 4) is 0 Å². The summed E-state index contributed by atoms with van der Waals surface area (Å²) in [6.45, 7) is 4.55. The minimum atomic E-state index is -0.800. The van der Waals surface area contributed by atoms with Gasteiger partial charge in [-0.25, -0.2) is 0 Å². The quantitative estimate of drug-likeness (QED) is 0.848. The summed E-state index contributed by atoms with van der Waals surface area (Å²) in [5.41, 5.74) is 1.09. The van der Waals surface area contributed by atoms with E-state index in [9.17, 15) is 9.90 Å². The van der Waals surface area contributed by atoms with Crippen LogP contribution in [0.15, 0.2) is 30.3 Å². The Morgan fingerprint density at radius 1 is 1.30 bits per heavy atom. The number of carbonyl (C=O) groups is 1. The number of nitrogens with one attached hydrogen (secondary N) is 1. The predicted molar refractivity (Wildman–Crippen MR) is 84.5 cm³/mol. The van der Waals surface area contributed by atoms with Gasteiger partial charge in [0.2, 0.25) is 5.91 Å². The van der Waals surface area contributed by atoms with Crippen molar-refractivity contribution >= 4 is 5.91 Å². The molecule has 2 N–H and O–H groups in total. The van der Waals surface area contributed by atoms with Gasteiger partial charge in [0.05, 0.1) is 6.10 Å². The fourth-order valence-corrected chi connectivity index (χ4v) is 3.47. The first-order chi connectivity index (χ1) is 10.9. The second kappa shape index (κ2) is 6.20.